The first-order valence-corrected chi connectivity index (χ1v) is 7.19. The Balaban J connectivity index is 1.62. The van der Waals surface area contributed by atoms with Crippen LogP contribution in [0.15, 0.2) is 12.1 Å². The van der Waals surface area contributed by atoms with E-state index in [0.29, 0.717) is 6.54 Å². The second-order valence-electron chi connectivity index (χ2n) is 4.57. The molecule has 0 spiro atoms. The lowest BCUT2D eigenvalue weighted by Crippen LogP contribution is -2.42. The molecule has 1 aliphatic rings. The summed E-state index contributed by atoms with van der Waals surface area (Å²) in [5.74, 6) is 0.0789. The van der Waals surface area contributed by atoms with E-state index in [-0.39, 0.29) is 11.9 Å². The van der Waals surface area contributed by atoms with Crippen LogP contribution in [0.4, 0.5) is 0 Å². The highest BCUT2D eigenvalue weighted by molar-refractivity contribution is 7.11. The highest BCUT2D eigenvalue weighted by Crippen LogP contribution is 2.14. The Bertz CT molecular complexity index is 386. The predicted octanol–water partition coefficient (Wildman–Crippen LogP) is 1.44. The van der Waals surface area contributed by atoms with E-state index in [1.54, 1.807) is 11.3 Å². The van der Waals surface area contributed by atoms with Crippen molar-refractivity contribution in [3.8, 4) is 0 Å². The van der Waals surface area contributed by atoms with E-state index >= 15 is 0 Å². The van der Waals surface area contributed by atoms with Gasteiger partial charge in [0.15, 0.2) is 0 Å². The molecular formula is C13H20N2O2S. The molecule has 2 heterocycles. The molecular weight excluding hydrogens is 248 g/mol. The Morgan fingerprint density at radius 1 is 1.44 bits per heavy atom. The van der Waals surface area contributed by atoms with Crippen LogP contribution in [0.5, 0.6) is 0 Å². The fourth-order valence-corrected chi connectivity index (χ4v) is 2.86. The van der Waals surface area contributed by atoms with E-state index in [0.717, 1.165) is 32.6 Å². The zero-order chi connectivity index (χ0) is 12.8. The standard InChI is InChI=1S/C13H20N2O2S/c1-10-2-3-12(18-10)8-14-9-13(16)15-11-4-6-17-7-5-11/h2-3,11,14H,4-9H2,1H3,(H,15,16). The lowest BCUT2D eigenvalue weighted by molar-refractivity contribution is -0.121. The number of hydrogen-bond donors (Lipinski definition) is 2. The third-order valence-electron chi connectivity index (χ3n) is 2.97. The summed E-state index contributed by atoms with van der Waals surface area (Å²) in [7, 11) is 0. The number of hydrogen-bond acceptors (Lipinski definition) is 4. The van der Waals surface area contributed by atoms with Crippen LogP contribution < -0.4 is 10.6 Å². The number of carbonyl (C=O) groups is 1. The maximum absolute atomic E-state index is 11.7. The zero-order valence-corrected chi connectivity index (χ0v) is 11.5. The Labute approximate surface area is 112 Å². The number of thiophene rings is 1. The lowest BCUT2D eigenvalue weighted by Gasteiger charge is -2.23. The number of ether oxygens (including phenoxy) is 1. The van der Waals surface area contributed by atoms with Crippen LogP contribution in [0, 0.1) is 6.92 Å². The zero-order valence-electron chi connectivity index (χ0n) is 10.7. The first-order chi connectivity index (χ1) is 8.74. The molecule has 1 aromatic rings. The first kappa shape index (κ1) is 13.5. The Morgan fingerprint density at radius 2 is 2.22 bits per heavy atom. The van der Waals surface area contributed by atoms with E-state index in [1.165, 1.54) is 9.75 Å². The maximum Gasteiger partial charge on any atom is 0.234 e. The van der Waals surface area contributed by atoms with Gasteiger partial charge in [-0.3, -0.25) is 4.79 Å². The minimum absolute atomic E-state index is 0.0789. The van der Waals surface area contributed by atoms with E-state index in [4.69, 9.17) is 4.74 Å². The van der Waals surface area contributed by atoms with Gasteiger partial charge in [0.05, 0.1) is 6.54 Å². The molecule has 1 saturated heterocycles. The minimum atomic E-state index is 0.0789. The molecule has 1 fully saturated rings. The van der Waals surface area contributed by atoms with E-state index in [9.17, 15) is 4.79 Å². The summed E-state index contributed by atoms with van der Waals surface area (Å²) in [4.78, 5) is 14.3. The monoisotopic (exact) mass is 268 g/mol. The third kappa shape index (κ3) is 4.40. The highest BCUT2D eigenvalue weighted by atomic mass is 32.1. The van der Waals surface area contributed by atoms with Crippen molar-refractivity contribution in [2.45, 2.75) is 32.4 Å². The van der Waals surface area contributed by atoms with Crippen molar-refractivity contribution >= 4 is 17.2 Å². The van der Waals surface area contributed by atoms with Gasteiger partial charge in [0.2, 0.25) is 5.91 Å². The van der Waals surface area contributed by atoms with Gasteiger partial charge >= 0.3 is 0 Å². The van der Waals surface area contributed by atoms with Crippen molar-refractivity contribution < 1.29 is 9.53 Å². The van der Waals surface area contributed by atoms with Gasteiger partial charge in [-0.1, -0.05) is 0 Å². The van der Waals surface area contributed by atoms with Crippen LogP contribution in [-0.2, 0) is 16.1 Å². The summed E-state index contributed by atoms with van der Waals surface area (Å²) < 4.78 is 5.26. The van der Waals surface area contributed by atoms with Crippen LogP contribution in [-0.4, -0.2) is 31.7 Å². The second kappa shape index (κ2) is 6.87. The molecule has 0 radical (unpaired) electrons. The van der Waals surface area contributed by atoms with Gasteiger partial charge in [0.25, 0.3) is 0 Å². The van der Waals surface area contributed by atoms with Crippen molar-refractivity contribution in [3.63, 3.8) is 0 Å². The fraction of sp³-hybridized carbons (Fsp3) is 0.615. The third-order valence-corrected chi connectivity index (χ3v) is 3.97. The first-order valence-electron chi connectivity index (χ1n) is 6.37. The van der Waals surface area contributed by atoms with Crippen molar-refractivity contribution in [1.29, 1.82) is 0 Å². The molecule has 100 valence electrons. The van der Waals surface area contributed by atoms with Crippen molar-refractivity contribution in [3.05, 3.63) is 21.9 Å². The normalized spacial score (nSPS) is 16.7. The molecule has 0 saturated carbocycles. The summed E-state index contributed by atoms with van der Waals surface area (Å²) in [6.45, 7) is 4.75. The van der Waals surface area contributed by atoms with Crippen LogP contribution >= 0.6 is 11.3 Å². The lowest BCUT2D eigenvalue weighted by atomic mass is 10.1. The number of amides is 1. The SMILES string of the molecule is Cc1ccc(CNCC(=O)NC2CCOCC2)s1. The van der Waals surface area contributed by atoms with Crippen LogP contribution in [0.2, 0.25) is 0 Å². The molecule has 1 aliphatic heterocycles. The quantitative estimate of drug-likeness (QED) is 0.849. The van der Waals surface area contributed by atoms with E-state index in [2.05, 4.69) is 29.7 Å². The molecule has 0 aromatic carbocycles. The number of aryl methyl sites for hydroxylation is 1. The average molecular weight is 268 g/mol. The van der Waals surface area contributed by atoms with E-state index < -0.39 is 0 Å². The summed E-state index contributed by atoms with van der Waals surface area (Å²) in [6, 6.07) is 4.49. The van der Waals surface area contributed by atoms with Gasteiger partial charge in [0, 0.05) is 35.6 Å². The number of rotatable bonds is 5. The Hall–Kier alpha value is -0.910. The molecule has 2 rings (SSSR count). The highest BCUT2D eigenvalue weighted by Gasteiger charge is 2.15. The van der Waals surface area contributed by atoms with Gasteiger partial charge in [-0.2, -0.15) is 0 Å². The summed E-state index contributed by atoms with van der Waals surface area (Å²) in [5.41, 5.74) is 0. The number of carbonyl (C=O) groups excluding carboxylic acids is 1. The van der Waals surface area contributed by atoms with Crippen molar-refractivity contribution in [2.24, 2.45) is 0 Å². The second-order valence-corrected chi connectivity index (χ2v) is 5.94. The molecule has 18 heavy (non-hydrogen) atoms. The molecule has 0 aliphatic carbocycles. The molecule has 5 heteroatoms. The van der Waals surface area contributed by atoms with E-state index in [1.807, 2.05) is 0 Å². The fourth-order valence-electron chi connectivity index (χ4n) is 2.00. The largest absolute Gasteiger partial charge is 0.381 e. The average Bonchev–Trinajstić information content (AvgIpc) is 2.76. The van der Waals surface area contributed by atoms with Crippen molar-refractivity contribution in [2.75, 3.05) is 19.8 Å². The molecule has 1 aromatic heterocycles. The van der Waals surface area contributed by atoms with Gasteiger partial charge in [-0.25, -0.2) is 0 Å². The smallest absolute Gasteiger partial charge is 0.234 e. The predicted molar refractivity (Wildman–Crippen MR) is 72.7 cm³/mol. The Kier molecular flexibility index (Phi) is 5.16. The molecule has 2 N–H and O–H groups in total. The molecule has 1 amide bonds. The topological polar surface area (TPSA) is 50.4 Å². The van der Waals surface area contributed by atoms with Crippen molar-refractivity contribution in [1.82, 2.24) is 10.6 Å². The summed E-state index contributed by atoms with van der Waals surface area (Å²) >= 11 is 1.76. The maximum atomic E-state index is 11.7. The van der Waals surface area contributed by atoms with Gasteiger partial charge in [0.1, 0.15) is 0 Å². The summed E-state index contributed by atoms with van der Waals surface area (Å²) in [6.07, 6.45) is 1.85. The van der Waals surface area contributed by atoms with Crippen LogP contribution in [0.25, 0.3) is 0 Å². The van der Waals surface area contributed by atoms with Crippen LogP contribution in [0.1, 0.15) is 22.6 Å². The minimum Gasteiger partial charge on any atom is -0.381 e. The van der Waals surface area contributed by atoms with Crippen LogP contribution in [0.3, 0.4) is 0 Å². The Morgan fingerprint density at radius 3 is 2.89 bits per heavy atom. The van der Waals surface area contributed by atoms with Gasteiger partial charge in [-0.05, 0) is 31.9 Å². The summed E-state index contributed by atoms with van der Waals surface area (Å²) in [5, 5.41) is 6.20. The molecule has 0 bridgehead atoms. The molecule has 4 nitrogen and oxygen atoms in total. The van der Waals surface area contributed by atoms with Gasteiger partial charge in [-0.15, -0.1) is 11.3 Å². The number of nitrogens with one attached hydrogen (secondary N) is 2. The molecule has 0 unspecified atom stereocenters. The van der Waals surface area contributed by atoms with Gasteiger partial charge < -0.3 is 15.4 Å². The molecule has 0 atom stereocenters.